The van der Waals surface area contributed by atoms with Gasteiger partial charge in [-0.1, -0.05) is 18.2 Å². The summed E-state index contributed by atoms with van der Waals surface area (Å²) in [5, 5.41) is 8.89. The number of ether oxygens (including phenoxy) is 2. The van der Waals surface area contributed by atoms with Crippen molar-refractivity contribution in [3.63, 3.8) is 0 Å². The molecule has 0 saturated heterocycles. The smallest absolute Gasteiger partial charge is 0.387 e. The molecule has 8 heteroatoms. The molecule has 1 rings (SSSR count). The lowest BCUT2D eigenvalue weighted by Gasteiger charge is -2.17. The molecule has 0 amide bonds. The van der Waals surface area contributed by atoms with E-state index in [4.69, 9.17) is 11.6 Å². The van der Waals surface area contributed by atoms with Gasteiger partial charge in [-0.25, -0.2) is 9.18 Å². The van der Waals surface area contributed by atoms with Crippen LogP contribution in [-0.2, 0) is 9.53 Å². The third kappa shape index (κ3) is 4.12. The Bertz CT molecular complexity index is 525. The standard InChI is InChI=1S/C13H12ClF3O4/c1-6(12(19)20-2)8(5-18)7-3-9(14)11(10(15)4-7)21-13(16)17/h3-4,8,13,18H,1,5H2,2H3. The fourth-order valence-electron chi connectivity index (χ4n) is 1.67. The third-order valence-electron chi connectivity index (χ3n) is 2.68. The summed E-state index contributed by atoms with van der Waals surface area (Å²) in [4.78, 5) is 11.4. The number of esters is 1. The Balaban J connectivity index is 3.18. The molecule has 1 aromatic carbocycles. The van der Waals surface area contributed by atoms with Crippen LogP contribution in [0, 0.1) is 5.82 Å². The van der Waals surface area contributed by atoms with E-state index < -0.39 is 41.7 Å². The van der Waals surface area contributed by atoms with Crippen molar-refractivity contribution in [1.29, 1.82) is 0 Å². The fraction of sp³-hybridized carbons (Fsp3) is 0.308. The second-order valence-corrected chi connectivity index (χ2v) is 4.35. The number of rotatable bonds is 6. The number of aliphatic hydroxyl groups excluding tert-OH is 1. The molecule has 0 aliphatic heterocycles. The predicted molar refractivity (Wildman–Crippen MR) is 69.0 cm³/mol. The van der Waals surface area contributed by atoms with Crippen LogP contribution >= 0.6 is 11.6 Å². The number of carbonyl (C=O) groups is 1. The molecule has 1 aromatic rings. The number of benzene rings is 1. The highest BCUT2D eigenvalue weighted by Crippen LogP contribution is 2.34. The number of hydrogen-bond acceptors (Lipinski definition) is 4. The van der Waals surface area contributed by atoms with Gasteiger partial charge in [-0.05, 0) is 17.7 Å². The van der Waals surface area contributed by atoms with Crippen LogP contribution in [0.15, 0.2) is 24.3 Å². The minimum Gasteiger partial charge on any atom is -0.466 e. The highest BCUT2D eigenvalue weighted by atomic mass is 35.5. The van der Waals surface area contributed by atoms with Gasteiger partial charge in [-0.3, -0.25) is 0 Å². The first kappa shape index (κ1) is 17.3. The monoisotopic (exact) mass is 324 g/mol. The first-order valence-electron chi connectivity index (χ1n) is 5.63. The summed E-state index contributed by atoms with van der Waals surface area (Å²) in [6, 6.07) is 1.94. The van der Waals surface area contributed by atoms with E-state index in [2.05, 4.69) is 16.1 Å². The van der Waals surface area contributed by atoms with E-state index in [9.17, 15) is 23.1 Å². The Kier molecular flexibility index (Phi) is 6.04. The van der Waals surface area contributed by atoms with E-state index >= 15 is 0 Å². The van der Waals surface area contributed by atoms with Gasteiger partial charge < -0.3 is 14.6 Å². The molecule has 1 N–H and O–H groups in total. The molecule has 0 spiro atoms. The zero-order valence-electron chi connectivity index (χ0n) is 10.9. The minimum atomic E-state index is -3.23. The van der Waals surface area contributed by atoms with E-state index in [1.807, 2.05) is 0 Å². The molecule has 0 aromatic heterocycles. The van der Waals surface area contributed by atoms with Crippen molar-refractivity contribution in [2.24, 2.45) is 0 Å². The zero-order valence-corrected chi connectivity index (χ0v) is 11.7. The molecule has 0 fully saturated rings. The van der Waals surface area contributed by atoms with Crippen LogP contribution in [0.4, 0.5) is 13.2 Å². The second-order valence-electron chi connectivity index (χ2n) is 3.94. The number of aliphatic hydroxyl groups is 1. The van der Waals surface area contributed by atoms with Gasteiger partial charge in [0.1, 0.15) is 0 Å². The first-order valence-corrected chi connectivity index (χ1v) is 6.01. The van der Waals surface area contributed by atoms with Crippen molar-refractivity contribution in [2.75, 3.05) is 13.7 Å². The number of methoxy groups -OCH3 is 1. The lowest BCUT2D eigenvalue weighted by atomic mass is 9.92. The van der Waals surface area contributed by atoms with Crippen LogP contribution in [0.2, 0.25) is 5.02 Å². The molecule has 0 radical (unpaired) electrons. The summed E-state index contributed by atoms with van der Waals surface area (Å²) in [5.74, 6) is -3.73. The van der Waals surface area contributed by atoms with E-state index in [0.29, 0.717) is 0 Å². The van der Waals surface area contributed by atoms with Crippen molar-refractivity contribution >= 4 is 17.6 Å². The molecule has 1 unspecified atom stereocenters. The maximum Gasteiger partial charge on any atom is 0.387 e. The molecule has 0 saturated carbocycles. The lowest BCUT2D eigenvalue weighted by Crippen LogP contribution is -2.16. The fourth-order valence-corrected chi connectivity index (χ4v) is 1.93. The summed E-state index contributed by atoms with van der Waals surface area (Å²) >= 11 is 5.67. The van der Waals surface area contributed by atoms with E-state index in [-0.39, 0.29) is 11.1 Å². The Morgan fingerprint density at radius 2 is 2.10 bits per heavy atom. The minimum absolute atomic E-state index is 0.0806. The van der Waals surface area contributed by atoms with Gasteiger partial charge in [0, 0.05) is 11.5 Å². The number of halogens is 4. The zero-order chi connectivity index (χ0) is 16.2. The lowest BCUT2D eigenvalue weighted by molar-refractivity contribution is -0.136. The van der Waals surface area contributed by atoms with Gasteiger partial charge in [-0.2, -0.15) is 8.78 Å². The van der Waals surface area contributed by atoms with Crippen LogP contribution in [-0.4, -0.2) is 31.4 Å². The molecule has 0 bridgehead atoms. The van der Waals surface area contributed by atoms with Crippen LogP contribution < -0.4 is 4.74 Å². The highest BCUT2D eigenvalue weighted by Gasteiger charge is 2.24. The molecular weight excluding hydrogens is 313 g/mol. The summed E-state index contributed by atoms with van der Waals surface area (Å²) in [5.41, 5.74) is -0.0463. The largest absolute Gasteiger partial charge is 0.466 e. The summed E-state index contributed by atoms with van der Waals surface area (Å²) in [7, 11) is 1.12. The van der Waals surface area contributed by atoms with Gasteiger partial charge in [0.05, 0.1) is 18.7 Å². The van der Waals surface area contributed by atoms with Crippen molar-refractivity contribution < 1.29 is 32.5 Å². The molecule has 4 nitrogen and oxygen atoms in total. The van der Waals surface area contributed by atoms with Crippen molar-refractivity contribution in [1.82, 2.24) is 0 Å². The summed E-state index contributed by atoms with van der Waals surface area (Å²) in [6.07, 6.45) is 0. The maximum absolute atomic E-state index is 13.7. The molecule has 116 valence electrons. The van der Waals surface area contributed by atoms with Crippen LogP contribution in [0.3, 0.4) is 0 Å². The first-order chi connectivity index (χ1) is 9.81. The topological polar surface area (TPSA) is 55.8 Å². The van der Waals surface area contributed by atoms with Gasteiger partial charge >= 0.3 is 12.6 Å². The Labute approximate surface area is 123 Å². The SMILES string of the molecule is C=C(C(=O)OC)C(CO)c1cc(F)c(OC(F)F)c(Cl)c1. The third-order valence-corrected chi connectivity index (χ3v) is 2.96. The number of carbonyl (C=O) groups excluding carboxylic acids is 1. The van der Waals surface area contributed by atoms with Crippen molar-refractivity contribution in [3.05, 3.63) is 40.7 Å². The molecule has 21 heavy (non-hydrogen) atoms. The molecule has 1 atom stereocenters. The van der Waals surface area contributed by atoms with Crippen molar-refractivity contribution in [2.45, 2.75) is 12.5 Å². The average Bonchev–Trinajstić information content (AvgIpc) is 2.42. The number of alkyl halides is 2. The predicted octanol–water partition coefficient (Wildman–Crippen LogP) is 2.89. The van der Waals surface area contributed by atoms with E-state index in [1.54, 1.807) is 0 Å². The summed E-state index contributed by atoms with van der Waals surface area (Å²) in [6.45, 7) is -0.354. The Hall–Kier alpha value is -1.73. The van der Waals surface area contributed by atoms with Gasteiger partial charge in [0.15, 0.2) is 11.6 Å². The second kappa shape index (κ2) is 7.33. The van der Waals surface area contributed by atoms with Gasteiger partial charge in [0.2, 0.25) is 0 Å². The van der Waals surface area contributed by atoms with Gasteiger partial charge in [0.25, 0.3) is 0 Å². The van der Waals surface area contributed by atoms with Gasteiger partial charge in [-0.15, -0.1) is 0 Å². The van der Waals surface area contributed by atoms with Crippen LogP contribution in [0.25, 0.3) is 0 Å². The average molecular weight is 325 g/mol. The van der Waals surface area contributed by atoms with E-state index in [1.165, 1.54) is 0 Å². The molecular formula is C13H12ClF3O4. The Morgan fingerprint density at radius 3 is 2.52 bits per heavy atom. The summed E-state index contributed by atoms with van der Waals surface area (Å²) < 4.78 is 46.4. The normalized spacial score (nSPS) is 12.1. The van der Waals surface area contributed by atoms with Crippen LogP contribution in [0.1, 0.15) is 11.5 Å². The molecule has 0 aliphatic carbocycles. The quantitative estimate of drug-likeness (QED) is 0.646. The van der Waals surface area contributed by atoms with E-state index in [0.717, 1.165) is 19.2 Å². The van der Waals surface area contributed by atoms with Crippen LogP contribution in [0.5, 0.6) is 5.75 Å². The van der Waals surface area contributed by atoms with Crippen molar-refractivity contribution in [3.8, 4) is 5.75 Å². The maximum atomic E-state index is 13.7. The molecule has 0 heterocycles. The molecule has 0 aliphatic rings. The Morgan fingerprint density at radius 1 is 1.48 bits per heavy atom. The highest BCUT2D eigenvalue weighted by molar-refractivity contribution is 6.32. The number of hydrogen-bond donors (Lipinski definition) is 1.